The van der Waals surface area contributed by atoms with Crippen LogP contribution in [0.2, 0.25) is 0 Å². The van der Waals surface area contributed by atoms with E-state index >= 15 is 0 Å². The molecular weight excluding hydrogens is 252 g/mol. The summed E-state index contributed by atoms with van der Waals surface area (Å²) >= 11 is 0. The molecule has 8 nitrogen and oxygen atoms in total. The standard InChI is InChI=1S/C8H12N2O6S/c1-17(14,15)16-6-7(11)5-9-4-2-3-8(9)10(12)13/h2-4,7,11H,5-6H2,1H3. The molecule has 0 radical (unpaired) electrons. The van der Waals surface area contributed by atoms with E-state index in [9.17, 15) is 23.6 Å². The molecule has 1 aromatic rings. The maximum absolute atomic E-state index is 10.7. The Morgan fingerprint density at radius 2 is 2.29 bits per heavy atom. The van der Waals surface area contributed by atoms with Crippen molar-refractivity contribution < 1.29 is 22.6 Å². The van der Waals surface area contributed by atoms with Gasteiger partial charge in [0.15, 0.2) is 0 Å². The molecule has 1 atom stereocenters. The Kier molecular flexibility index (Phi) is 4.21. The fourth-order valence-electron chi connectivity index (χ4n) is 1.21. The topological polar surface area (TPSA) is 112 Å². The number of hydrogen-bond acceptors (Lipinski definition) is 6. The zero-order chi connectivity index (χ0) is 13.1. The van der Waals surface area contributed by atoms with E-state index < -0.39 is 27.8 Å². The minimum atomic E-state index is -3.63. The molecule has 1 heterocycles. The van der Waals surface area contributed by atoms with Gasteiger partial charge in [0.2, 0.25) is 0 Å². The third-order valence-corrected chi connectivity index (χ3v) is 2.44. The molecule has 0 saturated carbocycles. The fraction of sp³-hybridized carbons (Fsp3) is 0.500. The maximum Gasteiger partial charge on any atom is 0.323 e. The molecule has 1 N–H and O–H groups in total. The van der Waals surface area contributed by atoms with Gasteiger partial charge in [-0.1, -0.05) is 0 Å². The van der Waals surface area contributed by atoms with Crippen molar-refractivity contribution >= 4 is 15.9 Å². The summed E-state index contributed by atoms with van der Waals surface area (Å²) in [6.07, 6.45) is 1.13. The van der Waals surface area contributed by atoms with Gasteiger partial charge in [0.1, 0.15) is 12.6 Å². The van der Waals surface area contributed by atoms with Crippen LogP contribution in [0.5, 0.6) is 0 Å². The molecule has 0 aliphatic carbocycles. The Bertz CT molecular complexity index is 494. The molecule has 1 aromatic heterocycles. The predicted octanol–water partition coefficient (Wildman–Crippen LogP) is -0.267. The van der Waals surface area contributed by atoms with Gasteiger partial charge in [-0.05, 0) is 11.0 Å². The smallest absolute Gasteiger partial charge is 0.323 e. The minimum Gasteiger partial charge on any atom is -0.387 e. The lowest BCUT2D eigenvalue weighted by atomic mass is 10.4. The largest absolute Gasteiger partial charge is 0.387 e. The second kappa shape index (κ2) is 5.25. The highest BCUT2D eigenvalue weighted by Crippen LogP contribution is 2.12. The number of nitrogens with zero attached hydrogens (tertiary/aromatic N) is 2. The van der Waals surface area contributed by atoms with Crippen LogP contribution in [0.3, 0.4) is 0 Å². The Balaban J connectivity index is 2.59. The number of nitro groups is 1. The summed E-state index contributed by atoms with van der Waals surface area (Å²) in [6, 6.07) is 2.74. The van der Waals surface area contributed by atoms with E-state index in [1.54, 1.807) is 0 Å². The van der Waals surface area contributed by atoms with Gasteiger partial charge in [-0.2, -0.15) is 8.42 Å². The summed E-state index contributed by atoms with van der Waals surface area (Å²) in [4.78, 5) is 9.96. The van der Waals surface area contributed by atoms with E-state index in [0.717, 1.165) is 6.26 Å². The molecule has 0 fully saturated rings. The van der Waals surface area contributed by atoms with Crippen molar-refractivity contribution in [3.63, 3.8) is 0 Å². The molecule has 0 aliphatic heterocycles. The van der Waals surface area contributed by atoms with Crippen LogP contribution < -0.4 is 0 Å². The molecule has 0 spiro atoms. The van der Waals surface area contributed by atoms with Crippen molar-refractivity contribution in [2.75, 3.05) is 12.9 Å². The second-order valence-corrected chi connectivity index (χ2v) is 5.06. The summed E-state index contributed by atoms with van der Waals surface area (Å²) in [6.45, 7) is -0.549. The summed E-state index contributed by atoms with van der Waals surface area (Å²) in [5.74, 6) is -0.177. The maximum atomic E-state index is 10.7. The highest BCUT2D eigenvalue weighted by atomic mass is 32.2. The molecule has 0 amide bonds. The van der Waals surface area contributed by atoms with Gasteiger partial charge in [0, 0.05) is 6.07 Å². The van der Waals surface area contributed by atoms with E-state index in [4.69, 9.17) is 0 Å². The van der Waals surface area contributed by atoms with Gasteiger partial charge < -0.3 is 15.2 Å². The first kappa shape index (κ1) is 13.6. The summed E-state index contributed by atoms with van der Waals surface area (Å²) in [5.41, 5.74) is 0. The molecule has 0 aromatic carbocycles. The lowest BCUT2D eigenvalue weighted by molar-refractivity contribution is -0.392. The van der Waals surface area contributed by atoms with Gasteiger partial charge in [-0.25, -0.2) is 4.57 Å². The van der Waals surface area contributed by atoms with Crippen LogP contribution in [0.15, 0.2) is 18.3 Å². The van der Waals surface area contributed by atoms with Crippen LogP contribution in [0.25, 0.3) is 0 Å². The lowest BCUT2D eigenvalue weighted by Gasteiger charge is -2.09. The summed E-state index contributed by atoms with van der Waals surface area (Å²) < 4.78 is 26.9. The molecule has 17 heavy (non-hydrogen) atoms. The Labute approximate surface area is 97.7 Å². The van der Waals surface area contributed by atoms with Gasteiger partial charge in [-0.3, -0.25) is 4.18 Å². The fourth-order valence-corrected chi connectivity index (χ4v) is 1.61. The summed E-state index contributed by atoms with van der Waals surface area (Å²) in [5, 5.41) is 20.0. The third-order valence-electron chi connectivity index (χ3n) is 1.87. The highest BCUT2D eigenvalue weighted by Gasteiger charge is 2.17. The van der Waals surface area contributed by atoms with Gasteiger partial charge >= 0.3 is 5.82 Å². The molecule has 0 bridgehead atoms. The third kappa shape index (κ3) is 4.51. The number of hydrogen-bond donors (Lipinski definition) is 1. The number of rotatable bonds is 6. The van der Waals surface area contributed by atoms with Crippen molar-refractivity contribution in [1.82, 2.24) is 4.57 Å². The Morgan fingerprint density at radius 1 is 1.65 bits per heavy atom. The lowest BCUT2D eigenvalue weighted by Crippen LogP contribution is -2.23. The second-order valence-electron chi connectivity index (χ2n) is 3.42. The van der Waals surface area contributed by atoms with Gasteiger partial charge in [0.25, 0.3) is 10.1 Å². The first-order chi connectivity index (χ1) is 7.79. The first-order valence-corrected chi connectivity index (χ1v) is 6.43. The SMILES string of the molecule is CS(=O)(=O)OCC(O)Cn1cccc1[N+](=O)[O-]. The van der Waals surface area contributed by atoms with Crippen LogP contribution in [-0.2, 0) is 20.8 Å². The number of aromatic nitrogens is 1. The van der Waals surface area contributed by atoms with Crippen molar-refractivity contribution in [3.05, 3.63) is 28.4 Å². The van der Waals surface area contributed by atoms with Crippen LogP contribution in [0, 0.1) is 10.1 Å². The molecule has 9 heteroatoms. The molecule has 0 saturated heterocycles. The highest BCUT2D eigenvalue weighted by molar-refractivity contribution is 7.85. The van der Waals surface area contributed by atoms with E-state index in [-0.39, 0.29) is 12.4 Å². The molecule has 96 valence electrons. The quantitative estimate of drug-likeness (QED) is 0.430. The normalized spacial score (nSPS) is 13.5. The Hall–Kier alpha value is -1.45. The number of aliphatic hydroxyl groups excluding tert-OH is 1. The van der Waals surface area contributed by atoms with Gasteiger partial charge in [0.05, 0.1) is 19.1 Å². The van der Waals surface area contributed by atoms with Gasteiger partial charge in [-0.15, -0.1) is 0 Å². The molecule has 0 aliphatic rings. The Morgan fingerprint density at radius 3 is 2.82 bits per heavy atom. The predicted molar refractivity (Wildman–Crippen MR) is 57.9 cm³/mol. The minimum absolute atomic E-state index is 0.112. The van der Waals surface area contributed by atoms with E-state index in [2.05, 4.69) is 4.18 Å². The molecule has 1 unspecified atom stereocenters. The van der Waals surface area contributed by atoms with Crippen molar-refractivity contribution in [3.8, 4) is 0 Å². The van der Waals surface area contributed by atoms with Crippen molar-refractivity contribution in [2.24, 2.45) is 0 Å². The van der Waals surface area contributed by atoms with Crippen LogP contribution in [0.4, 0.5) is 5.82 Å². The van der Waals surface area contributed by atoms with Crippen LogP contribution in [-0.4, -0.2) is 42.0 Å². The zero-order valence-electron chi connectivity index (χ0n) is 9.01. The molecular formula is C8H12N2O6S. The van der Waals surface area contributed by atoms with E-state index in [0.29, 0.717) is 0 Å². The molecule has 1 rings (SSSR count). The summed E-state index contributed by atoms with van der Waals surface area (Å²) in [7, 11) is -3.63. The number of aliphatic hydroxyl groups is 1. The zero-order valence-corrected chi connectivity index (χ0v) is 9.83. The van der Waals surface area contributed by atoms with E-state index in [1.807, 2.05) is 0 Å². The average Bonchev–Trinajstić information content (AvgIpc) is 2.62. The van der Waals surface area contributed by atoms with Crippen LogP contribution in [0.1, 0.15) is 0 Å². The van der Waals surface area contributed by atoms with Crippen molar-refractivity contribution in [1.29, 1.82) is 0 Å². The van der Waals surface area contributed by atoms with Crippen molar-refractivity contribution in [2.45, 2.75) is 12.6 Å². The van der Waals surface area contributed by atoms with E-state index in [1.165, 1.54) is 22.9 Å². The first-order valence-electron chi connectivity index (χ1n) is 4.61. The average molecular weight is 264 g/mol. The monoisotopic (exact) mass is 264 g/mol. The van der Waals surface area contributed by atoms with Crippen LogP contribution >= 0.6 is 0 Å².